The average Bonchev–Trinajstić information content (AvgIpc) is 2.25. The minimum absolute atomic E-state index is 0.0303. The number of rotatable bonds is 4. The molecule has 7 heteroatoms. The number of aliphatic hydroxyl groups is 1. The summed E-state index contributed by atoms with van der Waals surface area (Å²) in [6, 6.07) is 0. The Kier molecular flexibility index (Phi) is 4.18. The number of nitrogens with two attached hydrogens (primary N) is 1. The Morgan fingerprint density at radius 3 is 2.56 bits per heavy atom. The Labute approximate surface area is 108 Å². The predicted octanol–water partition coefficient (Wildman–Crippen LogP) is 0.269. The summed E-state index contributed by atoms with van der Waals surface area (Å²) in [5.74, 6) is -1.79. The molecule has 1 aliphatic rings. The lowest BCUT2D eigenvalue weighted by Gasteiger charge is -2.26. The van der Waals surface area contributed by atoms with Crippen molar-refractivity contribution in [3.05, 3.63) is 22.4 Å². The van der Waals surface area contributed by atoms with Gasteiger partial charge in [0, 0.05) is 23.1 Å². The van der Waals surface area contributed by atoms with Crippen molar-refractivity contribution < 1.29 is 24.0 Å². The molecule has 4 N–H and O–H groups in total. The van der Waals surface area contributed by atoms with Crippen LogP contribution in [0.3, 0.4) is 0 Å². The molecule has 0 spiro atoms. The molecule has 2 unspecified atom stereocenters. The summed E-state index contributed by atoms with van der Waals surface area (Å²) in [6.07, 6.45) is 1.32. The molecule has 0 aromatic rings. The summed E-state index contributed by atoms with van der Waals surface area (Å²) in [5.41, 5.74) is 5.92. The third kappa shape index (κ3) is 2.91. The summed E-state index contributed by atoms with van der Waals surface area (Å²) < 4.78 is 17.0. The van der Waals surface area contributed by atoms with E-state index in [4.69, 9.17) is 15.6 Å². The van der Waals surface area contributed by atoms with Crippen LogP contribution in [0.2, 0.25) is 0 Å². The topological polar surface area (TPSA) is 110 Å². The van der Waals surface area contributed by atoms with Gasteiger partial charge in [-0.15, -0.1) is 0 Å². The lowest BCUT2D eigenvalue weighted by atomic mass is 9.97. The van der Waals surface area contributed by atoms with E-state index in [1.165, 1.54) is 27.0 Å². The molecule has 0 aromatic carbocycles. The van der Waals surface area contributed by atoms with Crippen molar-refractivity contribution in [3.63, 3.8) is 0 Å². The van der Waals surface area contributed by atoms with Crippen molar-refractivity contribution >= 4 is 16.8 Å². The molecule has 102 valence electrons. The summed E-state index contributed by atoms with van der Waals surface area (Å²) in [4.78, 5) is 9.86. The zero-order chi connectivity index (χ0) is 14.1. The molecule has 0 fully saturated rings. The highest BCUT2D eigenvalue weighted by molar-refractivity contribution is 7.90. The van der Waals surface area contributed by atoms with Crippen molar-refractivity contribution in [1.82, 2.24) is 0 Å². The third-order valence-electron chi connectivity index (χ3n) is 2.56. The van der Waals surface area contributed by atoms with Crippen LogP contribution in [0, 0.1) is 5.92 Å². The Balaban J connectivity index is 3.18. The number of hydrogen-bond donors (Lipinski definition) is 3. The average molecular weight is 275 g/mol. The maximum atomic E-state index is 12.1. The number of carbonyl (C=O) groups is 1. The Bertz CT molecular complexity index is 447. The summed E-state index contributed by atoms with van der Waals surface area (Å²) in [6.45, 7) is 2.77. The van der Waals surface area contributed by atoms with Gasteiger partial charge in [-0.2, -0.15) is 0 Å². The molecule has 0 saturated heterocycles. The van der Waals surface area contributed by atoms with Gasteiger partial charge in [0.25, 0.3) is 0 Å². The second kappa shape index (κ2) is 5.11. The number of methoxy groups -OCH3 is 1. The Hall–Kier alpha value is -1.34. The van der Waals surface area contributed by atoms with E-state index in [-0.39, 0.29) is 22.8 Å². The van der Waals surface area contributed by atoms with E-state index in [0.29, 0.717) is 0 Å². The van der Waals surface area contributed by atoms with Crippen molar-refractivity contribution in [2.45, 2.75) is 25.2 Å². The standard InChI is InChI=1S/C11H17NO5S/c1-11(2,15)18(16)9-4-6(10(13)14)8(17-3)5-7(9)12/h5-6,15H,4,12H2,1-3H3,(H,13,14). The van der Waals surface area contributed by atoms with Gasteiger partial charge in [0.05, 0.1) is 17.9 Å². The quantitative estimate of drug-likeness (QED) is 0.679. The van der Waals surface area contributed by atoms with E-state index < -0.39 is 27.6 Å². The summed E-state index contributed by atoms with van der Waals surface area (Å²) >= 11 is 0. The van der Waals surface area contributed by atoms with Gasteiger partial charge in [0.2, 0.25) is 0 Å². The van der Waals surface area contributed by atoms with E-state index >= 15 is 0 Å². The Morgan fingerprint density at radius 2 is 2.17 bits per heavy atom. The van der Waals surface area contributed by atoms with E-state index in [2.05, 4.69) is 0 Å². The molecular weight excluding hydrogens is 258 g/mol. The second-order valence-electron chi connectivity index (χ2n) is 4.44. The van der Waals surface area contributed by atoms with Gasteiger partial charge in [-0.3, -0.25) is 9.00 Å². The van der Waals surface area contributed by atoms with E-state index in [1.54, 1.807) is 0 Å². The van der Waals surface area contributed by atoms with E-state index in [0.717, 1.165) is 0 Å². The smallest absolute Gasteiger partial charge is 0.314 e. The first-order valence-corrected chi connectivity index (χ1v) is 6.44. The molecule has 0 saturated carbocycles. The highest BCUT2D eigenvalue weighted by Gasteiger charge is 2.35. The van der Waals surface area contributed by atoms with Crippen LogP contribution in [0.15, 0.2) is 22.4 Å². The van der Waals surface area contributed by atoms with Crippen molar-refractivity contribution in [1.29, 1.82) is 0 Å². The number of hydrogen-bond acceptors (Lipinski definition) is 5. The van der Waals surface area contributed by atoms with E-state index in [1.807, 2.05) is 0 Å². The zero-order valence-corrected chi connectivity index (χ0v) is 11.3. The van der Waals surface area contributed by atoms with Crippen LogP contribution in [-0.2, 0) is 20.3 Å². The van der Waals surface area contributed by atoms with Crippen LogP contribution >= 0.6 is 0 Å². The van der Waals surface area contributed by atoms with Crippen LogP contribution in [0.1, 0.15) is 20.3 Å². The maximum absolute atomic E-state index is 12.1. The van der Waals surface area contributed by atoms with Crippen LogP contribution in [-0.4, -0.2) is 32.4 Å². The van der Waals surface area contributed by atoms with E-state index in [9.17, 15) is 14.1 Å². The predicted molar refractivity (Wildman–Crippen MR) is 66.5 cm³/mol. The lowest BCUT2D eigenvalue weighted by molar-refractivity contribution is -0.141. The first-order valence-electron chi connectivity index (χ1n) is 5.29. The minimum atomic E-state index is -1.76. The third-order valence-corrected chi connectivity index (χ3v) is 4.32. The molecule has 18 heavy (non-hydrogen) atoms. The van der Waals surface area contributed by atoms with Crippen LogP contribution in [0.4, 0.5) is 0 Å². The number of carboxylic acids is 1. The number of allylic oxidation sites excluding steroid dienone is 2. The number of aliphatic carboxylic acids is 1. The zero-order valence-electron chi connectivity index (χ0n) is 10.5. The molecular formula is C11H17NO5S. The van der Waals surface area contributed by atoms with Crippen LogP contribution < -0.4 is 5.73 Å². The second-order valence-corrected chi connectivity index (χ2v) is 6.47. The molecule has 0 aromatic heterocycles. The fourth-order valence-corrected chi connectivity index (χ4v) is 2.83. The molecule has 1 aliphatic carbocycles. The SMILES string of the molecule is COC1=CC(N)=C(S(=O)C(C)(C)O)CC1C(=O)O. The lowest BCUT2D eigenvalue weighted by Crippen LogP contribution is -2.32. The first kappa shape index (κ1) is 14.7. The highest BCUT2D eigenvalue weighted by Crippen LogP contribution is 2.32. The van der Waals surface area contributed by atoms with Gasteiger partial charge in [0.1, 0.15) is 16.6 Å². The minimum Gasteiger partial charge on any atom is -0.500 e. The fraction of sp³-hybridized carbons (Fsp3) is 0.545. The van der Waals surface area contributed by atoms with Gasteiger partial charge in [0.15, 0.2) is 0 Å². The van der Waals surface area contributed by atoms with Gasteiger partial charge in [-0.05, 0) is 13.8 Å². The van der Waals surface area contributed by atoms with Gasteiger partial charge < -0.3 is 20.7 Å². The summed E-state index contributed by atoms with van der Waals surface area (Å²) in [5, 5.41) is 18.8. The van der Waals surface area contributed by atoms with Crippen LogP contribution in [0.25, 0.3) is 0 Å². The molecule has 0 heterocycles. The fourth-order valence-electron chi connectivity index (χ4n) is 1.63. The van der Waals surface area contributed by atoms with Crippen molar-refractivity contribution in [3.8, 4) is 0 Å². The monoisotopic (exact) mass is 275 g/mol. The van der Waals surface area contributed by atoms with Crippen molar-refractivity contribution in [2.75, 3.05) is 7.11 Å². The molecule has 0 radical (unpaired) electrons. The molecule has 0 amide bonds. The molecule has 0 aliphatic heterocycles. The molecule has 6 nitrogen and oxygen atoms in total. The Morgan fingerprint density at radius 1 is 1.61 bits per heavy atom. The van der Waals surface area contributed by atoms with Crippen LogP contribution in [0.5, 0.6) is 0 Å². The highest BCUT2D eigenvalue weighted by atomic mass is 32.2. The first-order chi connectivity index (χ1) is 8.18. The molecule has 0 bridgehead atoms. The van der Waals surface area contributed by atoms with Gasteiger partial charge in [-0.1, -0.05) is 0 Å². The van der Waals surface area contributed by atoms with Gasteiger partial charge >= 0.3 is 5.97 Å². The van der Waals surface area contributed by atoms with Crippen molar-refractivity contribution in [2.24, 2.45) is 11.7 Å². The molecule has 1 rings (SSSR count). The molecule has 2 atom stereocenters. The number of carboxylic acid groups (broad SMARTS) is 1. The number of ether oxygens (including phenoxy) is 1. The normalized spacial score (nSPS) is 22.4. The van der Waals surface area contributed by atoms with Gasteiger partial charge in [-0.25, -0.2) is 0 Å². The largest absolute Gasteiger partial charge is 0.500 e. The maximum Gasteiger partial charge on any atom is 0.314 e. The summed E-state index contributed by atoms with van der Waals surface area (Å²) in [7, 11) is -0.407.